The van der Waals surface area contributed by atoms with Gasteiger partial charge in [0, 0.05) is 66.4 Å². The third-order valence-electron chi connectivity index (χ3n) is 18.0. The van der Waals surface area contributed by atoms with Crippen LogP contribution in [0.5, 0.6) is 0 Å². The van der Waals surface area contributed by atoms with Crippen molar-refractivity contribution in [1.82, 2.24) is 38.2 Å². The molecule has 17 aromatic rings. The summed E-state index contributed by atoms with van der Waals surface area (Å²) in [6.45, 7) is 7.34. The fraction of sp³-hybridized carbons (Fsp3) is 0.0123. The standard InChI is InChI=1S/C81H56N8Si/c1-3-27-56(80-83-78(87-71-44-20-12-36-62(71)63-37-13-21-45-72(63)87)53-79(84-80)88-73-46-22-14-38-64(73)65-39-15-23-47-74(65)88)50-54(2)90(57-29-6-4-7-30-57,58-31-8-5-9-32-58)59-33-26-28-55(51-59)68-52-77(86-69-42-18-10-34-60(69)61-35-11-19-43-70(61)86)85-81(82-68)89-75-48-24-16-40-66(75)67-41-17-25-49-76(67)89/h3-53H,2H2,1H3/b27-3-,56-50+. The van der Waals surface area contributed by atoms with E-state index in [0.717, 1.165) is 132 Å². The lowest BCUT2D eigenvalue weighted by atomic mass is 10.1. The van der Waals surface area contributed by atoms with Gasteiger partial charge in [0.15, 0.2) is 13.9 Å². The lowest BCUT2D eigenvalue weighted by Gasteiger charge is -2.35. The molecule has 17 rings (SSSR count). The Bertz CT molecular complexity index is 5270. The van der Waals surface area contributed by atoms with Crippen LogP contribution in [0.3, 0.4) is 0 Å². The average molecular weight is 1170 g/mol. The number of hydrogen-bond acceptors (Lipinski definition) is 4. The minimum Gasteiger partial charge on any atom is -0.294 e. The van der Waals surface area contributed by atoms with Gasteiger partial charge in [-0.3, -0.25) is 18.3 Å². The Labute approximate surface area is 520 Å². The summed E-state index contributed by atoms with van der Waals surface area (Å²) in [5.41, 5.74) is 11.0. The molecule has 6 aromatic heterocycles. The molecule has 0 spiro atoms. The summed E-state index contributed by atoms with van der Waals surface area (Å²) in [5.74, 6) is 3.42. The topological polar surface area (TPSA) is 71.3 Å². The van der Waals surface area contributed by atoms with E-state index in [0.29, 0.717) is 11.8 Å². The van der Waals surface area contributed by atoms with E-state index in [1.807, 2.05) is 0 Å². The predicted octanol–water partition coefficient (Wildman–Crippen LogP) is 17.5. The normalized spacial score (nSPS) is 12.3. The molecule has 0 saturated heterocycles. The second-order valence-electron chi connectivity index (χ2n) is 23.0. The summed E-state index contributed by atoms with van der Waals surface area (Å²) in [5, 5.41) is 13.7. The number of para-hydroxylation sites is 8. The van der Waals surface area contributed by atoms with E-state index in [-0.39, 0.29) is 0 Å². The van der Waals surface area contributed by atoms with Crippen molar-refractivity contribution >= 4 is 116 Å². The molecule has 0 bridgehead atoms. The van der Waals surface area contributed by atoms with Crippen LogP contribution < -0.4 is 15.6 Å². The van der Waals surface area contributed by atoms with Gasteiger partial charge in [0.25, 0.3) is 0 Å². The molecule has 0 unspecified atom stereocenters. The van der Waals surface area contributed by atoms with Crippen molar-refractivity contribution in [1.29, 1.82) is 0 Å². The van der Waals surface area contributed by atoms with Gasteiger partial charge in [-0.15, -0.1) is 0 Å². The molecule has 0 aliphatic carbocycles. The Morgan fingerprint density at radius 3 is 1.04 bits per heavy atom. The molecule has 0 saturated carbocycles. The van der Waals surface area contributed by atoms with Crippen LogP contribution in [0.15, 0.2) is 321 Å². The summed E-state index contributed by atoms with van der Waals surface area (Å²) in [7, 11) is -3.40. The molecule has 6 heterocycles. The molecule has 0 fully saturated rings. The highest BCUT2D eigenvalue weighted by molar-refractivity contribution is 7.16. The summed E-state index contributed by atoms with van der Waals surface area (Å²) >= 11 is 0. The van der Waals surface area contributed by atoms with Gasteiger partial charge in [-0.05, 0) is 71.0 Å². The van der Waals surface area contributed by atoms with Crippen molar-refractivity contribution < 1.29 is 0 Å². The maximum Gasteiger partial charge on any atom is 0.237 e. The number of nitrogens with zero attached hydrogens (tertiary/aromatic N) is 8. The fourth-order valence-electron chi connectivity index (χ4n) is 14.2. The Morgan fingerprint density at radius 2 is 0.667 bits per heavy atom. The number of rotatable bonds is 12. The van der Waals surface area contributed by atoms with E-state index < -0.39 is 8.07 Å². The van der Waals surface area contributed by atoms with Gasteiger partial charge in [-0.25, -0.2) is 15.0 Å². The van der Waals surface area contributed by atoms with Crippen LogP contribution in [0, 0.1) is 0 Å². The Morgan fingerprint density at radius 1 is 0.333 bits per heavy atom. The minimum atomic E-state index is -3.40. The molecular weight excluding hydrogens is 1110 g/mol. The lowest BCUT2D eigenvalue weighted by molar-refractivity contribution is 0.952. The molecule has 0 aliphatic heterocycles. The molecular formula is C81H56N8Si. The van der Waals surface area contributed by atoms with E-state index in [1.165, 1.54) is 10.4 Å². The van der Waals surface area contributed by atoms with Gasteiger partial charge in [0.2, 0.25) is 5.95 Å². The van der Waals surface area contributed by atoms with E-state index in [2.05, 4.69) is 335 Å². The van der Waals surface area contributed by atoms with Crippen molar-refractivity contribution in [3.05, 3.63) is 327 Å². The maximum absolute atomic E-state index is 5.68. The number of benzene rings is 11. The number of hydrogen-bond donors (Lipinski definition) is 0. The van der Waals surface area contributed by atoms with Gasteiger partial charge in [-0.1, -0.05) is 261 Å². The SMILES string of the molecule is C=C(/C=C(\C=C/C)c1nc(-n2c3ccccc3c3ccccc32)cc(-n2c3ccccc3c3ccccc32)n1)[Si](c1ccccc1)(c1ccccc1)c1cccc(-c2cc(-n3c4ccccc4c4ccccc43)nc(-n3c4ccccc4c4ccccc43)n2)c1. The van der Waals surface area contributed by atoms with E-state index in [4.69, 9.17) is 26.5 Å². The second-order valence-corrected chi connectivity index (χ2v) is 26.9. The molecule has 9 heteroatoms. The quantitative estimate of drug-likeness (QED) is 0.0694. The van der Waals surface area contributed by atoms with Crippen LogP contribution in [0.4, 0.5) is 0 Å². The average Bonchev–Trinajstić information content (AvgIpc) is 1.13. The van der Waals surface area contributed by atoms with Crippen molar-refractivity contribution in [2.45, 2.75) is 6.92 Å². The van der Waals surface area contributed by atoms with Crippen LogP contribution in [-0.4, -0.2) is 46.3 Å². The number of aromatic nitrogens is 8. The highest BCUT2D eigenvalue weighted by Crippen LogP contribution is 2.39. The third kappa shape index (κ3) is 8.21. The second kappa shape index (κ2) is 21.3. The minimum absolute atomic E-state index is 0.569. The molecule has 90 heavy (non-hydrogen) atoms. The maximum atomic E-state index is 5.68. The first kappa shape index (κ1) is 52.5. The molecule has 0 N–H and O–H groups in total. The predicted molar refractivity (Wildman–Crippen MR) is 376 cm³/mol. The van der Waals surface area contributed by atoms with Gasteiger partial charge in [-0.2, -0.15) is 4.98 Å². The van der Waals surface area contributed by atoms with E-state index in [9.17, 15) is 0 Å². The largest absolute Gasteiger partial charge is 0.294 e. The highest BCUT2D eigenvalue weighted by atomic mass is 28.3. The van der Waals surface area contributed by atoms with Crippen molar-refractivity contribution in [3.63, 3.8) is 0 Å². The van der Waals surface area contributed by atoms with Crippen LogP contribution in [0.25, 0.3) is 127 Å². The third-order valence-corrected chi connectivity index (χ3v) is 22.7. The molecule has 0 atom stereocenters. The number of allylic oxidation sites excluding steroid dienone is 5. The van der Waals surface area contributed by atoms with Gasteiger partial charge < -0.3 is 0 Å². The molecule has 11 aromatic carbocycles. The highest BCUT2D eigenvalue weighted by Gasteiger charge is 2.42. The van der Waals surface area contributed by atoms with Gasteiger partial charge in [0.1, 0.15) is 17.5 Å². The van der Waals surface area contributed by atoms with Crippen LogP contribution in [-0.2, 0) is 0 Å². The van der Waals surface area contributed by atoms with Crippen LogP contribution in [0.1, 0.15) is 12.7 Å². The Hall–Kier alpha value is -11.8. The van der Waals surface area contributed by atoms with Crippen molar-refractivity contribution in [2.24, 2.45) is 0 Å². The van der Waals surface area contributed by atoms with E-state index >= 15 is 0 Å². The monoisotopic (exact) mass is 1170 g/mol. The number of fused-ring (bicyclic) bond motifs is 12. The molecule has 424 valence electrons. The lowest BCUT2D eigenvalue weighted by Crippen LogP contribution is -2.68. The summed E-state index contributed by atoms with van der Waals surface area (Å²) in [6, 6.07) is 104. The summed E-state index contributed by atoms with van der Waals surface area (Å²) in [4.78, 5) is 22.6. The first-order valence-electron chi connectivity index (χ1n) is 30.5. The summed E-state index contributed by atoms with van der Waals surface area (Å²) < 4.78 is 9.10. The first-order valence-corrected chi connectivity index (χ1v) is 32.5. The first-order chi connectivity index (χ1) is 44.5. The zero-order valence-corrected chi connectivity index (χ0v) is 50.2. The Kier molecular flexibility index (Phi) is 12.4. The Balaban J connectivity index is 0.909. The van der Waals surface area contributed by atoms with E-state index in [1.54, 1.807) is 0 Å². The smallest absolute Gasteiger partial charge is 0.237 e. The summed E-state index contributed by atoms with van der Waals surface area (Å²) in [6.07, 6.45) is 6.50. The molecule has 0 aliphatic rings. The zero-order valence-electron chi connectivity index (χ0n) is 49.2. The van der Waals surface area contributed by atoms with Crippen LogP contribution >= 0.6 is 0 Å². The zero-order chi connectivity index (χ0) is 59.9. The van der Waals surface area contributed by atoms with Crippen molar-refractivity contribution in [2.75, 3.05) is 0 Å². The van der Waals surface area contributed by atoms with Crippen molar-refractivity contribution in [3.8, 4) is 34.7 Å². The fourth-order valence-corrected chi connectivity index (χ4v) is 18.8. The molecule has 8 nitrogen and oxygen atoms in total. The molecule has 0 amide bonds. The van der Waals surface area contributed by atoms with Gasteiger partial charge in [0.05, 0.1) is 49.8 Å². The van der Waals surface area contributed by atoms with Gasteiger partial charge >= 0.3 is 0 Å². The molecule has 0 radical (unpaired) electrons. The van der Waals surface area contributed by atoms with Crippen LogP contribution in [0.2, 0.25) is 0 Å².